The number of carboxylic acids is 1. The minimum Gasteiger partial charge on any atom is -0.545 e. The molecule has 0 aromatic carbocycles. The van der Waals surface area contributed by atoms with Crippen molar-refractivity contribution in [3.05, 3.63) is 24.8 Å². The van der Waals surface area contributed by atoms with E-state index in [1.165, 1.54) is 6.08 Å². The minimum absolute atomic E-state index is 0.00972. The summed E-state index contributed by atoms with van der Waals surface area (Å²) in [5.41, 5.74) is 0.185. The van der Waals surface area contributed by atoms with Crippen LogP contribution in [0.4, 0.5) is 0 Å². The van der Waals surface area contributed by atoms with E-state index in [4.69, 9.17) is 4.74 Å². The number of carbonyl (C=O) groups excluding carboxylic acids is 2. The molecular formula is C14H23O4-. The molecule has 0 aliphatic heterocycles. The van der Waals surface area contributed by atoms with Gasteiger partial charge in [0.05, 0.1) is 12.1 Å². The largest absolute Gasteiger partial charge is 0.545 e. The van der Waals surface area contributed by atoms with Crippen LogP contribution in [0.3, 0.4) is 0 Å². The van der Waals surface area contributed by atoms with Crippen molar-refractivity contribution in [1.29, 1.82) is 0 Å². The van der Waals surface area contributed by atoms with Gasteiger partial charge in [0, 0.05) is 6.08 Å². The first-order chi connectivity index (χ1) is 8.24. The fourth-order valence-corrected chi connectivity index (χ4v) is 0.906. The zero-order chi connectivity index (χ0) is 14.7. The summed E-state index contributed by atoms with van der Waals surface area (Å²) in [6, 6.07) is 0. The monoisotopic (exact) mass is 255 g/mol. The molecule has 0 saturated carbocycles. The molecule has 0 rings (SSSR count). The third-order valence-corrected chi connectivity index (χ3v) is 2.00. The summed E-state index contributed by atoms with van der Waals surface area (Å²) in [6.45, 7) is 14.3. The molecule has 0 heterocycles. The van der Waals surface area contributed by atoms with Crippen LogP contribution >= 0.6 is 0 Å². The molecule has 4 nitrogen and oxygen atoms in total. The van der Waals surface area contributed by atoms with Crippen LogP contribution in [0.5, 0.6) is 0 Å². The van der Waals surface area contributed by atoms with E-state index in [2.05, 4.69) is 13.2 Å². The molecule has 4 heteroatoms. The molecule has 0 saturated heterocycles. The molecule has 104 valence electrons. The average molecular weight is 255 g/mol. The van der Waals surface area contributed by atoms with Crippen molar-refractivity contribution in [2.24, 2.45) is 5.92 Å². The molecule has 0 fully saturated rings. The van der Waals surface area contributed by atoms with Crippen LogP contribution in [-0.2, 0) is 14.3 Å². The van der Waals surface area contributed by atoms with Crippen molar-refractivity contribution in [1.82, 2.24) is 0 Å². The van der Waals surface area contributed by atoms with Crippen LogP contribution in [0.2, 0.25) is 0 Å². The zero-order valence-electron chi connectivity index (χ0n) is 11.7. The highest BCUT2D eigenvalue weighted by molar-refractivity contribution is 5.83. The zero-order valence-corrected chi connectivity index (χ0v) is 11.7. The first kappa shape index (κ1) is 18.8. The fourth-order valence-electron chi connectivity index (χ4n) is 0.906. The average Bonchev–Trinajstić information content (AvgIpc) is 2.28. The third kappa shape index (κ3) is 12.5. The van der Waals surface area contributed by atoms with Gasteiger partial charge in [-0.15, -0.1) is 0 Å². The Morgan fingerprint density at radius 1 is 1.33 bits per heavy atom. The summed E-state index contributed by atoms with van der Waals surface area (Å²) in [5, 5.41) is 10.0. The Morgan fingerprint density at radius 2 is 1.83 bits per heavy atom. The lowest BCUT2D eigenvalue weighted by Crippen LogP contribution is -2.24. The van der Waals surface area contributed by atoms with Crippen LogP contribution < -0.4 is 5.11 Å². The summed E-state index contributed by atoms with van der Waals surface area (Å²) >= 11 is 0. The van der Waals surface area contributed by atoms with Gasteiger partial charge >= 0.3 is 5.97 Å². The molecule has 1 atom stereocenters. The lowest BCUT2D eigenvalue weighted by molar-refractivity contribution is -0.299. The molecule has 0 amide bonds. The molecule has 0 aliphatic rings. The maximum atomic E-state index is 10.4. The second-order valence-electron chi connectivity index (χ2n) is 4.35. The maximum absolute atomic E-state index is 10.4. The number of hydrogen-bond acceptors (Lipinski definition) is 4. The number of ether oxygens (including phenoxy) is 1. The quantitative estimate of drug-likeness (QED) is 0.536. The standard InChI is InChI=1S/2C7H12O2/c1-5(2)4-6(3)7(8)9;1-4-6(3)9-7(8)5-2/h5H,3-4H2,1-2H3,(H,8,9);5-6H,2,4H2,1,3H3/p-1. The van der Waals surface area contributed by atoms with Gasteiger partial charge in [-0.2, -0.15) is 0 Å². The third-order valence-electron chi connectivity index (χ3n) is 2.00. The Bertz CT molecular complexity index is 292. The van der Waals surface area contributed by atoms with Crippen LogP contribution in [0.25, 0.3) is 0 Å². The van der Waals surface area contributed by atoms with Gasteiger partial charge < -0.3 is 14.6 Å². The molecular weight excluding hydrogens is 232 g/mol. The predicted molar refractivity (Wildman–Crippen MR) is 69.6 cm³/mol. The number of hydrogen-bond donors (Lipinski definition) is 0. The van der Waals surface area contributed by atoms with Gasteiger partial charge in [-0.1, -0.05) is 33.9 Å². The van der Waals surface area contributed by atoms with Gasteiger partial charge in [0.2, 0.25) is 0 Å². The number of rotatable bonds is 6. The number of carboxylic acid groups (broad SMARTS) is 1. The highest BCUT2D eigenvalue weighted by atomic mass is 16.5. The van der Waals surface area contributed by atoms with Crippen molar-refractivity contribution in [3.8, 4) is 0 Å². The number of esters is 1. The van der Waals surface area contributed by atoms with Crippen molar-refractivity contribution in [2.75, 3.05) is 0 Å². The summed E-state index contributed by atoms with van der Waals surface area (Å²) < 4.78 is 4.79. The summed E-state index contributed by atoms with van der Waals surface area (Å²) in [5.74, 6) is -1.14. The molecule has 0 radical (unpaired) electrons. The van der Waals surface area contributed by atoms with Crippen molar-refractivity contribution >= 4 is 11.9 Å². The van der Waals surface area contributed by atoms with Gasteiger partial charge in [0.1, 0.15) is 0 Å². The summed E-state index contributed by atoms with van der Waals surface area (Å²) in [6.07, 6.45) is 2.55. The number of aliphatic carboxylic acids is 1. The van der Waals surface area contributed by atoms with Gasteiger partial charge in [-0.25, -0.2) is 4.79 Å². The van der Waals surface area contributed by atoms with Gasteiger partial charge in [-0.05, 0) is 31.3 Å². The van der Waals surface area contributed by atoms with Gasteiger partial charge in [-0.3, -0.25) is 0 Å². The van der Waals surface area contributed by atoms with E-state index in [-0.39, 0.29) is 17.6 Å². The minimum atomic E-state index is -1.14. The molecule has 1 unspecified atom stereocenters. The Morgan fingerprint density at radius 3 is 2.06 bits per heavy atom. The van der Waals surface area contributed by atoms with Gasteiger partial charge in [0.25, 0.3) is 0 Å². The molecule has 0 aromatic rings. The molecule has 0 bridgehead atoms. The Kier molecular flexibility index (Phi) is 11.0. The van der Waals surface area contributed by atoms with Crippen LogP contribution in [0.1, 0.15) is 40.5 Å². The molecule has 18 heavy (non-hydrogen) atoms. The van der Waals surface area contributed by atoms with E-state index in [0.29, 0.717) is 12.3 Å². The fraction of sp³-hybridized carbons (Fsp3) is 0.571. The lowest BCUT2D eigenvalue weighted by atomic mass is 10.1. The first-order valence-corrected chi connectivity index (χ1v) is 5.96. The summed E-state index contributed by atoms with van der Waals surface area (Å²) in [4.78, 5) is 20.5. The van der Waals surface area contributed by atoms with Crippen LogP contribution in [0, 0.1) is 5.92 Å². The highest BCUT2D eigenvalue weighted by Gasteiger charge is 2.01. The van der Waals surface area contributed by atoms with E-state index in [9.17, 15) is 14.7 Å². The van der Waals surface area contributed by atoms with Crippen LogP contribution in [-0.4, -0.2) is 18.0 Å². The SMILES string of the molecule is C=C(CC(C)C)C(=O)[O-].C=CC(=O)OC(C)CC. The van der Waals surface area contributed by atoms with Gasteiger partial charge in [0.15, 0.2) is 0 Å². The number of carbonyl (C=O) groups is 2. The van der Waals surface area contributed by atoms with Crippen molar-refractivity contribution in [2.45, 2.75) is 46.6 Å². The highest BCUT2D eigenvalue weighted by Crippen LogP contribution is 2.06. The normalized spacial score (nSPS) is 10.9. The van der Waals surface area contributed by atoms with E-state index in [1.54, 1.807) is 0 Å². The van der Waals surface area contributed by atoms with E-state index < -0.39 is 5.97 Å². The van der Waals surface area contributed by atoms with Crippen molar-refractivity contribution in [3.63, 3.8) is 0 Å². The molecule has 0 aliphatic carbocycles. The second-order valence-corrected chi connectivity index (χ2v) is 4.35. The van der Waals surface area contributed by atoms with E-state index >= 15 is 0 Å². The predicted octanol–water partition coefficient (Wildman–Crippen LogP) is 1.85. The topological polar surface area (TPSA) is 66.4 Å². The Hall–Kier alpha value is -1.58. The molecule has 0 N–H and O–H groups in total. The van der Waals surface area contributed by atoms with Crippen molar-refractivity contribution < 1.29 is 19.4 Å². The van der Waals surface area contributed by atoms with Crippen LogP contribution in [0.15, 0.2) is 24.8 Å². The lowest BCUT2D eigenvalue weighted by Gasteiger charge is -2.07. The smallest absolute Gasteiger partial charge is 0.330 e. The maximum Gasteiger partial charge on any atom is 0.330 e. The van der Waals surface area contributed by atoms with E-state index in [1.807, 2.05) is 27.7 Å². The first-order valence-electron chi connectivity index (χ1n) is 5.96. The second kappa shape index (κ2) is 10.6. The Labute approximate surface area is 109 Å². The molecule has 0 spiro atoms. The Balaban J connectivity index is 0. The molecule has 0 aromatic heterocycles. The van der Waals surface area contributed by atoms with E-state index in [0.717, 1.165) is 6.42 Å². The summed E-state index contributed by atoms with van der Waals surface area (Å²) in [7, 11) is 0.